The molecule has 10 heteroatoms. The molecule has 0 saturated carbocycles. The smallest absolute Gasteiger partial charge is 0.257 e. The minimum atomic E-state index is -1.92. The van der Waals surface area contributed by atoms with Crippen LogP contribution in [-0.2, 0) is 39.5 Å². The number of methoxy groups -OCH3 is 1. The van der Waals surface area contributed by atoms with Gasteiger partial charge >= 0.3 is 0 Å². The number of nitrogens with one attached hydrogen (secondary N) is 1. The summed E-state index contributed by atoms with van der Waals surface area (Å²) in [6.07, 6.45) is 0.774. The minimum absolute atomic E-state index is 0.0907. The third kappa shape index (κ3) is 4.24. The van der Waals surface area contributed by atoms with E-state index in [2.05, 4.69) is 10.3 Å². The number of pyridine rings is 2. The van der Waals surface area contributed by atoms with E-state index in [4.69, 9.17) is 10.5 Å². The van der Waals surface area contributed by atoms with Crippen molar-refractivity contribution in [2.24, 2.45) is 5.73 Å². The lowest BCUT2D eigenvalue weighted by atomic mass is 9.92. The van der Waals surface area contributed by atoms with Gasteiger partial charge in [0.05, 0.1) is 36.6 Å². The van der Waals surface area contributed by atoms with Crippen LogP contribution >= 0.6 is 0 Å². The summed E-state index contributed by atoms with van der Waals surface area (Å²) in [6.45, 7) is 3.23. The molecule has 1 aromatic carbocycles. The molecule has 4 N–H and O–H groups in total. The second-order valence-corrected chi connectivity index (χ2v) is 8.85. The fourth-order valence-electron chi connectivity index (χ4n) is 4.56. The van der Waals surface area contributed by atoms with Crippen LogP contribution in [0.1, 0.15) is 34.7 Å². The number of amides is 1. The Labute approximate surface area is 200 Å². The van der Waals surface area contributed by atoms with E-state index in [0.29, 0.717) is 41.7 Å². The van der Waals surface area contributed by atoms with Gasteiger partial charge in [-0.15, -0.1) is 0 Å². The Balaban J connectivity index is 1.97. The molecule has 1 atom stereocenters. The molecule has 1 aliphatic heterocycles. The summed E-state index contributed by atoms with van der Waals surface area (Å²) in [5.41, 5.74) is 6.67. The zero-order valence-electron chi connectivity index (χ0n) is 19.8. The van der Waals surface area contributed by atoms with Gasteiger partial charge in [0.2, 0.25) is 5.91 Å². The molecule has 0 unspecified atom stereocenters. The summed E-state index contributed by atoms with van der Waals surface area (Å²) >= 11 is 0. The molecule has 0 spiro atoms. The van der Waals surface area contributed by atoms with Crippen LogP contribution in [0.15, 0.2) is 23.0 Å². The number of hydrogen-bond donors (Lipinski definition) is 3. The maximum Gasteiger partial charge on any atom is 0.257 e. The van der Waals surface area contributed by atoms with Crippen molar-refractivity contribution in [2.45, 2.75) is 39.0 Å². The summed E-state index contributed by atoms with van der Waals surface area (Å²) in [5.74, 6) is -0.713. The SMILES string of the molecule is COCc1c([C@](C)(O)C=O)cc2n(c1=O)Cc1c-2nc2cc(F)c(C)cc2c1CCNC(=O)CN. The number of benzene rings is 1. The van der Waals surface area contributed by atoms with Crippen molar-refractivity contribution in [3.05, 3.63) is 62.2 Å². The fourth-order valence-corrected chi connectivity index (χ4v) is 4.56. The van der Waals surface area contributed by atoms with Crippen molar-refractivity contribution >= 4 is 23.1 Å². The van der Waals surface area contributed by atoms with Crippen LogP contribution in [0, 0.1) is 12.7 Å². The first-order valence-corrected chi connectivity index (χ1v) is 11.2. The van der Waals surface area contributed by atoms with E-state index in [1.54, 1.807) is 19.1 Å². The topological polar surface area (TPSA) is 137 Å². The van der Waals surface area contributed by atoms with Crippen molar-refractivity contribution in [3.63, 3.8) is 0 Å². The zero-order chi connectivity index (χ0) is 25.5. The quantitative estimate of drug-likeness (QED) is 0.319. The summed E-state index contributed by atoms with van der Waals surface area (Å²) in [4.78, 5) is 41.4. The molecule has 3 heterocycles. The highest BCUT2D eigenvalue weighted by atomic mass is 19.1. The largest absolute Gasteiger partial charge is 0.380 e. The first-order chi connectivity index (χ1) is 16.6. The van der Waals surface area contributed by atoms with E-state index in [9.17, 15) is 23.9 Å². The predicted octanol–water partition coefficient (Wildman–Crippen LogP) is 1.04. The Morgan fingerprint density at radius 3 is 2.77 bits per heavy atom. The number of halogens is 1. The van der Waals surface area contributed by atoms with Crippen LogP contribution in [0.4, 0.5) is 4.39 Å². The second kappa shape index (κ2) is 9.29. The van der Waals surface area contributed by atoms with Gasteiger partial charge in [-0.05, 0) is 43.5 Å². The van der Waals surface area contributed by atoms with Gasteiger partial charge in [-0.3, -0.25) is 14.4 Å². The molecule has 2 aromatic heterocycles. The van der Waals surface area contributed by atoms with Gasteiger partial charge in [0.1, 0.15) is 11.4 Å². The van der Waals surface area contributed by atoms with E-state index >= 15 is 0 Å². The van der Waals surface area contributed by atoms with E-state index in [0.717, 1.165) is 16.5 Å². The van der Waals surface area contributed by atoms with Gasteiger partial charge in [0.15, 0.2) is 6.29 Å². The molecule has 0 bridgehead atoms. The maximum absolute atomic E-state index is 14.4. The lowest BCUT2D eigenvalue weighted by Gasteiger charge is -2.21. The standard InChI is InChI=1S/C25H27FN4O5/c1-13-6-15-14(4-5-28-22(32)9-27)16-10-30-21(23(16)29-20(15)8-19(13)26)7-18(25(2,34)12-31)17(11-35-3)24(30)33/h6-8,12,34H,4-5,9-11,27H2,1-3H3,(H,28,32)/t25-/m1/s1. The van der Waals surface area contributed by atoms with Gasteiger partial charge in [0.25, 0.3) is 5.56 Å². The number of hydrogen-bond acceptors (Lipinski definition) is 7. The van der Waals surface area contributed by atoms with Crippen LogP contribution in [0.5, 0.6) is 0 Å². The molecule has 184 valence electrons. The maximum atomic E-state index is 14.4. The number of carbonyl (C=O) groups excluding carboxylic acids is 2. The van der Waals surface area contributed by atoms with Crippen LogP contribution < -0.4 is 16.6 Å². The molecular weight excluding hydrogens is 455 g/mol. The van der Waals surface area contributed by atoms with Gasteiger partial charge < -0.3 is 25.5 Å². The van der Waals surface area contributed by atoms with Crippen LogP contribution in [0.3, 0.4) is 0 Å². The number of aromatic nitrogens is 2. The highest BCUT2D eigenvalue weighted by molar-refractivity contribution is 5.89. The van der Waals surface area contributed by atoms with Crippen LogP contribution in [0.25, 0.3) is 22.3 Å². The normalized spacial score (nSPS) is 13.9. The summed E-state index contributed by atoms with van der Waals surface area (Å²) in [6, 6.07) is 4.62. The number of aliphatic hydroxyl groups is 1. The van der Waals surface area contributed by atoms with Gasteiger partial charge in [-0.25, -0.2) is 9.37 Å². The second-order valence-electron chi connectivity index (χ2n) is 8.85. The number of ether oxygens (including phenoxy) is 1. The first kappa shape index (κ1) is 24.6. The molecule has 3 aromatic rings. The highest BCUT2D eigenvalue weighted by Crippen LogP contribution is 2.38. The first-order valence-electron chi connectivity index (χ1n) is 11.2. The van der Waals surface area contributed by atoms with Crippen molar-refractivity contribution in [3.8, 4) is 11.4 Å². The van der Waals surface area contributed by atoms with E-state index in [-0.39, 0.29) is 36.7 Å². The number of rotatable bonds is 8. The minimum Gasteiger partial charge on any atom is -0.380 e. The van der Waals surface area contributed by atoms with Crippen LogP contribution in [-0.4, -0.2) is 47.1 Å². The number of fused-ring (bicyclic) bond motifs is 4. The third-order valence-corrected chi connectivity index (χ3v) is 6.39. The highest BCUT2D eigenvalue weighted by Gasteiger charge is 2.33. The number of aldehydes is 1. The van der Waals surface area contributed by atoms with Crippen molar-refractivity contribution < 1.29 is 23.8 Å². The zero-order valence-corrected chi connectivity index (χ0v) is 19.8. The van der Waals surface area contributed by atoms with E-state index in [1.165, 1.54) is 24.7 Å². The lowest BCUT2D eigenvalue weighted by molar-refractivity contribution is -0.123. The Morgan fingerprint density at radius 2 is 2.11 bits per heavy atom. The van der Waals surface area contributed by atoms with Crippen molar-refractivity contribution in [1.82, 2.24) is 14.9 Å². The fraction of sp³-hybridized carbons (Fsp3) is 0.360. The van der Waals surface area contributed by atoms with Gasteiger partial charge in [-0.1, -0.05) is 0 Å². The molecule has 35 heavy (non-hydrogen) atoms. The molecule has 0 fully saturated rings. The summed E-state index contributed by atoms with van der Waals surface area (Å²) in [7, 11) is 1.42. The average molecular weight is 483 g/mol. The van der Waals surface area contributed by atoms with E-state index < -0.39 is 17.0 Å². The Bertz CT molecular complexity index is 1410. The predicted molar refractivity (Wildman–Crippen MR) is 127 cm³/mol. The molecule has 0 radical (unpaired) electrons. The Morgan fingerprint density at radius 1 is 1.37 bits per heavy atom. The van der Waals surface area contributed by atoms with Gasteiger partial charge in [0, 0.05) is 41.8 Å². The molecule has 4 rings (SSSR count). The molecule has 1 amide bonds. The molecule has 9 nitrogen and oxygen atoms in total. The molecular formula is C25H27FN4O5. The van der Waals surface area contributed by atoms with E-state index in [1.807, 2.05) is 0 Å². The average Bonchev–Trinajstić information content (AvgIpc) is 3.19. The molecule has 0 aliphatic carbocycles. The lowest BCUT2D eigenvalue weighted by Crippen LogP contribution is -2.32. The van der Waals surface area contributed by atoms with Gasteiger partial charge in [-0.2, -0.15) is 0 Å². The van der Waals surface area contributed by atoms with Crippen molar-refractivity contribution in [2.75, 3.05) is 20.2 Å². The Hall–Kier alpha value is -3.47. The summed E-state index contributed by atoms with van der Waals surface area (Å²) < 4.78 is 21.1. The molecule has 0 saturated heterocycles. The summed E-state index contributed by atoms with van der Waals surface area (Å²) in [5, 5.41) is 14.2. The monoisotopic (exact) mass is 482 g/mol. The van der Waals surface area contributed by atoms with Crippen molar-refractivity contribution in [1.29, 1.82) is 0 Å². The Kier molecular flexibility index (Phi) is 6.54. The number of aryl methyl sites for hydroxylation is 1. The number of nitrogens with two attached hydrogens (primary N) is 1. The third-order valence-electron chi connectivity index (χ3n) is 6.39. The van der Waals surface area contributed by atoms with Crippen LogP contribution in [0.2, 0.25) is 0 Å². The number of nitrogens with zero attached hydrogens (tertiary/aromatic N) is 2. The number of carbonyl (C=O) groups is 2. The molecule has 1 aliphatic rings.